The maximum absolute atomic E-state index is 6.16. The number of nitrogens with zero attached hydrogens (tertiary/aromatic N) is 2. The summed E-state index contributed by atoms with van der Waals surface area (Å²) in [6.07, 6.45) is 3.24. The lowest BCUT2D eigenvalue weighted by atomic mass is 10.0. The fourth-order valence-electron chi connectivity index (χ4n) is 2.96. The molecule has 21 heavy (non-hydrogen) atoms. The average molecular weight is 354 g/mol. The fraction of sp³-hybridized carbons (Fsp3) is 0.647. The van der Waals surface area contributed by atoms with Gasteiger partial charge in [0.25, 0.3) is 0 Å². The van der Waals surface area contributed by atoms with E-state index in [4.69, 9.17) is 5.73 Å². The highest BCUT2D eigenvalue weighted by Crippen LogP contribution is 2.27. The van der Waals surface area contributed by atoms with E-state index in [-0.39, 0.29) is 6.04 Å². The van der Waals surface area contributed by atoms with Crippen LogP contribution in [-0.2, 0) is 6.42 Å². The number of hydrogen-bond donors (Lipinski definition) is 1. The number of piperazine rings is 1. The molecule has 1 aliphatic rings. The minimum atomic E-state index is 0.256. The van der Waals surface area contributed by atoms with Crippen LogP contribution in [0.1, 0.15) is 32.3 Å². The van der Waals surface area contributed by atoms with E-state index in [0.717, 1.165) is 30.4 Å². The van der Waals surface area contributed by atoms with Crippen molar-refractivity contribution in [3.63, 3.8) is 0 Å². The molecule has 1 heterocycles. The van der Waals surface area contributed by atoms with Crippen LogP contribution >= 0.6 is 15.9 Å². The van der Waals surface area contributed by atoms with Crippen LogP contribution in [0.4, 0.5) is 5.69 Å². The third-order valence-corrected chi connectivity index (χ3v) is 4.80. The van der Waals surface area contributed by atoms with Gasteiger partial charge in [-0.25, -0.2) is 0 Å². The molecule has 0 amide bonds. The van der Waals surface area contributed by atoms with Crippen molar-refractivity contribution in [2.45, 2.75) is 39.2 Å². The quantitative estimate of drug-likeness (QED) is 0.851. The first-order chi connectivity index (χ1) is 10.1. The highest BCUT2D eigenvalue weighted by atomic mass is 79.9. The van der Waals surface area contributed by atoms with E-state index < -0.39 is 0 Å². The lowest BCUT2D eigenvalue weighted by Crippen LogP contribution is -2.47. The summed E-state index contributed by atoms with van der Waals surface area (Å²) < 4.78 is 1.15. The lowest BCUT2D eigenvalue weighted by Gasteiger charge is -2.37. The molecule has 0 aromatic heterocycles. The largest absolute Gasteiger partial charge is 0.369 e. The molecular formula is C17H28BrN3. The van der Waals surface area contributed by atoms with E-state index in [2.05, 4.69) is 57.8 Å². The first kappa shape index (κ1) is 16.8. The highest BCUT2D eigenvalue weighted by Gasteiger charge is 2.19. The summed E-state index contributed by atoms with van der Waals surface area (Å²) >= 11 is 3.61. The normalized spacial score (nSPS) is 18.0. The highest BCUT2D eigenvalue weighted by molar-refractivity contribution is 9.10. The van der Waals surface area contributed by atoms with Crippen LogP contribution in [0.2, 0.25) is 0 Å². The Morgan fingerprint density at radius 1 is 1.19 bits per heavy atom. The van der Waals surface area contributed by atoms with Gasteiger partial charge < -0.3 is 10.6 Å². The van der Waals surface area contributed by atoms with Crippen LogP contribution in [0.15, 0.2) is 22.7 Å². The number of anilines is 1. The second-order valence-electron chi connectivity index (χ2n) is 5.97. The Kier molecular flexibility index (Phi) is 6.52. The van der Waals surface area contributed by atoms with Gasteiger partial charge in [-0.2, -0.15) is 0 Å². The van der Waals surface area contributed by atoms with Crippen LogP contribution < -0.4 is 10.6 Å². The Bertz CT molecular complexity index is 442. The summed E-state index contributed by atoms with van der Waals surface area (Å²) in [5.74, 6) is 0. The van der Waals surface area contributed by atoms with Crippen molar-refractivity contribution in [3.8, 4) is 0 Å². The van der Waals surface area contributed by atoms with Crippen LogP contribution in [0.3, 0.4) is 0 Å². The molecule has 1 aromatic carbocycles. The Hall–Kier alpha value is -0.580. The van der Waals surface area contributed by atoms with Gasteiger partial charge in [0.1, 0.15) is 0 Å². The first-order valence-electron chi connectivity index (χ1n) is 8.15. The van der Waals surface area contributed by atoms with Gasteiger partial charge in [0, 0.05) is 42.4 Å². The van der Waals surface area contributed by atoms with Gasteiger partial charge in [-0.1, -0.05) is 35.8 Å². The molecule has 1 fully saturated rings. The Labute approximate surface area is 137 Å². The van der Waals surface area contributed by atoms with Gasteiger partial charge in [0.2, 0.25) is 0 Å². The predicted molar refractivity (Wildman–Crippen MR) is 95.1 cm³/mol. The minimum Gasteiger partial charge on any atom is -0.369 e. The van der Waals surface area contributed by atoms with E-state index in [0.29, 0.717) is 0 Å². The van der Waals surface area contributed by atoms with E-state index in [1.807, 2.05) is 0 Å². The van der Waals surface area contributed by atoms with Gasteiger partial charge >= 0.3 is 0 Å². The van der Waals surface area contributed by atoms with Gasteiger partial charge in [0.05, 0.1) is 0 Å². The van der Waals surface area contributed by atoms with Crippen molar-refractivity contribution in [1.29, 1.82) is 0 Å². The zero-order valence-electron chi connectivity index (χ0n) is 13.3. The predicted octanol–water partition coefficient (Wildman–Crippen LogP) is 3.26. The summed E-state index contributed by atoms with van der Waals surface area (Å²) in [6, 6.07) is 6.88. The van der Waals surface area contributed by atoms with Crippen molar-refractivity contribution >= 4 is 21.6 Å². The molecule has 0 bridgehead atoms. The molecule has 118 valence electrons. The van der Waals surface area contributed by atoms with Crippen LogP contribution in [0.5, 0.6) is 0 Å². The van der Waals surface area contributed by atoms with Gasteiger partial charge in [-0.15, -0.1) is 0 Å². The minimum absolute atomic E-state index is 0.256. The summed E-state index contributed by atoms with van der Waals surface area (Å²) in [6.45, 7) is 10.2. The van der Waals surface area contributed by atoms with Crippen molar-refractivity contribution in [1.82, 2.24) is 4.90 Å². The summed E-state index contributed by atoms with van der Waals surface area (Å²) in [5, 5.41) is 0. The molecule has 4 heteroatoms. The number of nitrogens with two attached hydrogens (primary N) is 1. The SMILES string of the molecule is CCCN1CCN(c2cc(Br)ccc2CC(N)CC)CC1. The molecule has 2 rings (SSSR count). The Morgan fingerprint density at radius 3 is 2.52 bits per heavy atom. The maximum atomic E-state index is 6.16. The van der Waals surface area contributed by atoms with E-state index in [1.165, 1.54) is 37.3 Å². The number of benzene rings is 1. The summed E-state index contributed by atoms with van der Waals surface area (Å²) in [4.78, 5) is 5.08. The molecule has 1 unspecified atom stereocenters. The van der Waals surface area contributed by atoms with E-state index in [9.17, 15) is 0 Å². The number of hydrogen-bond acceptors (Lipinski definition) is 3. The standard InChI is InChI=1S/C17H28BrN3/c1-3-7-20-8-10-21(11-9-20)17-13-15(18)6-5-14(17)12-16(19)4-2/h5-6,13,16H,3-4,7-12,19H2,1-2H3. The molecule has 2 N–H and O–H groups in total. The van der Waals surface area contributed by atoms with E-state index >= 15 is 0 Å². The second-order valence-corrected chi connectivity index (χ2v) is 6.89. The Balaban J connectivity index is 2.09. The average Bonchev–Trinajstić information content (AvgIpc) is 2.50. The monoisotopic (exact) mass is 353 g/mol. The number of halogens is 1. The van der Waals surface area contributed by atoms with Crippen molar-refractivity contribution in [2.24, 2.45) is 5.73 Å². The molecule has 0 aliphatic carbocycles. The molecule has 0 spiro atoms. The van der Waals surface area contributed by atoms with Crippen molar-refractivity contribution in [2.75, 3.05) is 37.6 Å². The topological polar surface area (TPSA) is 32.5 Å². The van der Waals surface area contributed by atoms with Crippen LogP contribution in [0.25, 0.3) is 0 Å². The third kappa shape index (κ3) is 4.70. The van der Waals surface area contributed by atoms with Gasteiger partial charge in [-0.3, -0.25) is 4.90 Å². The summed E-state index contributed by atoms with van der Waals surface area (Å²) in [7, 11) is 0. The molecular weight excluding hydrogens is 326 g/mol. The second kappa shape index (κ2) is 8.16. The third-order valence-electron chi connectivity index (χ3n) is 4.31. The number of rotatable bonds is 6. The molecule has 0 radical (unpaired) electrons. The van der Waals surface area contributed by atoms with Gasteiger partial charge in [0.15, 0.2) is 0 Å². The zero-order valence-corrected chi connectivity index (χ0v) is 14.9. The Morgan fingerprint density at radius 2 is 1.90 bits per heavy atom. The molecule has 1 aromatic rings. The van der Waals surface area contributed by atoms with E-state index in [1.54, 1.807) is 0 Å². The van der Waals surface area contributed by atoms with Crippen molar-refractivity contribution in [3.05, 3.63) is 28.2 Å². The van der Waals surface area contributed by atoms with Crippen LogP contribution in [0, 0.1) is 0 Å². The lowest BCUT2D eigenvalue weighted by molar-refractivity contribution is 0.258. The van der Waals surface area contributed by atoms with Crippen molar-refractivity contribution < 1.29 is 0 Å². The smallest absolute Gasteiger partial charge is 0.0411 e. The molecule has 0 saturated carbocycles. The molecule has 3 nitrogen and oxygen atoms in total. The molecule has 1 atom stereocenters. The zero-order chi connectivity index (χ0) is 15.2. The summed E-state index contributed by atoms with van der Waals surface area (Å²) in [5.41, 5.74) is 8.92. The molecule has 1 aliphatic heterocycles. The fourth-order valence-corrected chi connectivity index (χ4v) is 3.31. The van der Waals surface area contributed by atoms with Crippen LogP contribution in [-0.4, -0.2) is 43.7 Å². The first-order valence-corrected chi connectivity index (χ1v) is 8.94. The maximum Gasteiger partial charge on any atom is 0.0411 e. The molecule has 1 saturated heterocycles. The van der Waals surface area contributed by atoms with Gasteiger partial charge in [-0.05, 0) is 43.5 Å².